The fourth-order valence-corrected chi connectivity index (χ4v) is 1.70. The van der Waals surface area contributed by atoms with Crippen molar-refractivity contribution < 1.29 is 14.2 Å². The van der Waals surface area contributed by atoms with Gasteiger partial charge in [-0.25, -0.2) is 4.39 Å². The van der Waals surface area contributed by atoms with Crippen molar-refractivity contribution in [2.75, 3.05) is 26.8 Å². The second kappa shape index (κ2) is 6.83. The van der Waals surface area contributed by atoms with Crippen LogP contribution in [0.4, 0.5) is 4.39 Å². The Morgan fingerprint density at radius 2 is 2.11 bits per heavy atom. The van der Waals surface area contributed by atoms with Crippen molar-refractivity contribution in [3.8, 4) is 0 Å². The number of rotatable bonds is 7. The lowest BCUT2D eigenvalue weighted by Crippen LogP contribution is -2.29. The zero-order valence-electron chi connectivity index (χ0n) is 11.3. The number of methoxy groups -OCH3 is 1. The lowest BCUT2D eigenvalue weighted by atomic mass is 9.92. The Bertz CT molecular complexity index is 380. The molecular formula is C14H22FNO2. The molecule has 1 rings (SSSR count). The van der Waals surface area contributed by atoms with Gasteiger partial charge in [-0.2, -0.15) is 0 Å². The molecule has 1 aromatic carbocycles. The van der Waals surface area contributed by atoms with Crippen LogP contribution in [-0.2, 0) is 10.3 Å². The highest BCUT2D eigenvalue weighted by molar-refractivity contribution is 5.27. The zero-order valence-corrected chi connectivity index (χ0v) is 11.3. The number of hydrogen-bond acceptors (Lipinski definition) is 3. The van der Waals surface area contributed by atoms with Crippen LogP contribution in [-0.4, -0.2) is 31.9 Å². The van der Waals surface area contributed by atoms with Crippen LogP contribution < -0.4 is 5.32 Å². The molecule has 102 valence electrons. The summed E-state index contributed by atoms with van der Waals surface area (Å²) in [7, 11) is 1.65. The van der Waals surface area contributed by atoms with E-state index in [4.69, 9.17) is 4.74 Å². The Morgan fingerprint density at radius 3 is 2.72 bits per heavy atom. The van der Waals surface area contributed by atoms with Crippen molar-refractivity contribution in [3.63, 3.8) is 0 Å². The van der Waals surface area contributed by atoms with Crippen molar-refractivity contribution in [3.05, 3.63) is 35.1 Å². The topological polar surface area (TPSA) is 41.5 Å². The van der Waals surface area contributed by atoms with Crippen molar-refractivity contribution in [2.24, 2.45) is 0 Å². The molecule has 0 spiro atoms. The summed E-state index contributed by atoms with van der Waals surface area (Å²) in [6, 6.07) is 4.87. The van der Waals surface area contributed by atoms with E-state index in [0.717, 1.165) is 6.54 Å². The summed E-state index contributed by atoms with van der Waals surface area (Å²) in [4.78, 5) is 0. The average molecular weight is 255 g/mol. The summed E-state index contributed by atoms with van der Waals surface area (Å²) in [6.07, 6.45) is 0.527. The van der Waals surface area contributed by atoms with E-state index >= 15 is 0 Å². The maximum atomic E-state index is 13.5. The molecule has 0 saturated heterocycles. The first-order valence-corrected chi connectivity index (χ1v) is 6.16. The Morgan fingerprint density at radius 1 is 1.39 bits per heavy atom. The van der Waals surface area contributed by atoms with E-state index in [9.17, 15) is 9.50 Å². The van der Waals surface area contributed by atoms with Gasteiger partial charge in [0, 0.05) is 13.7 Å². The summed E-state index contributed by atoms with van der Waals surface area (Å²) >= 11 is 0. The van der Waals surface area contributed by atoms with E-state index < -0.39 is 5.60 Å². The minimum atomic E-state index is -1.02. The van der Waals surface area contributed by atoms with Gasteiger partial charge in [-0.3, -0.25) is 0 Å². The highest BCUT2D eigenvalue weighted by Crippen LogP contribution is 2.25. The molecule has 0 aromatic heterocycles. The molecule has 0 amide bonds. The summed E-state index contributed by atoms with van der Waals surface area (Å²) in [5, 5.41) is 13.5. The maximum Gasteiger partial charge on any atom is 0.126 e. The van der Waals surface area contributed by atoms with Crippen molar-refractivity contribution in [1.29, 1.82) is 0 Å². The van der Waals surface area contributed by atoms with Crippen molar-refractivity contribution in [2.45, 2.75) is 25.9 Å². The smallest absolute Gasteiger partial charge is 0.126 e. The highest BCUT2D eigenvalue weighted by Gasteiger charge is 2.23. The normalized spacial score (nSPS) is 14.5. The maximum absolute atomic E-state index is 13.5. The molecule has 0 aliphatic carbocycles. The fraction of sp³-hybridized carbons (Fsp3) is 0.571. The molecule has 0 aliphatic rings. The molecule has 1 atom stereocenters. The lowest BCUT2D eigenvalue weighted by Gasteiger charge is -2.24. The Labute approximate surface area is 108 Å². The minimum Gasteiger partial charge on any atom is -0.385 e. The van der Waals surface area contributed by atoms with Crippen molar-refractivity contribution in [1.82, 2.24) is 5.32 Å². The van der Waals surface area contributed by atoms with Gasteiger partial charge in [-0.1, -0.05) is 12.1 Å². The zero-order chi connectivity index (χ0) is 13.6. The highest BCUT2D eigenvalue weighted by atomic mass is 19.1. The number of benzene rings is 1. The van der Waals surface area contributed by atoms with E-state index in [2.05, 4.69) is 5.32 Å². The predicted molar refractivity (Wildman–Crippen MR) is 70.1 cm³/mol. The van der Waals surface area contributed by atoms with Crippen LogP contribution in [0.2, 0.25) is 0 Å². The Hall–Kier alpha value is -0.970. The Kier molecular flexibility index (Phi) is 5.72. The minimum absolute atomic E-state index is 0.278. The molecule has 1 unspecified atom stereocenters. The molecule has 0 saturated carbocycles. The molecule has 1 aromatic rings. The molecule has 18 heavy (non-hydrogen) atoms. The standard InChI is InChI=1S/C14H22FNO2/c1-11-4-5-12(10-13(11)15)14(2,17)6-7-16-8-9-18-3/h4-5,10,16-17H,6-9H2,1-3H3. The number of aliphatic hydroxyl groups is 1. The largest absolute Gasteiger partial charge is 0.385 e. The quantitative estimate of drug-likeness (QED) is 0.732. The van der Waals surface area contributed by atoms with E-state index in [0.29, 0.717) is 30.7 Å². The van der Waals surface area contributed by atoms with Crippen LogP contribution in [0.15, 0.2) is 18.2 Å². The number of hydrogen-bond donors (Lipinski definition) is 2. The molecule has 0 radical (unpaired) electrons. The van der Waals surface area contributed by atoms with E-state index in [1.165, 1.54) is 6.07 Å². The first kappa shape index (κ1) is 15.1. The fourth-order valence-electron chi connectivity index (χ4n) is 1.70. The lowest BCUT2D eigenvalue weighted by molar-refractivity contribution is 0.0472. The molecular weight excluding hydrogens is 233 g/mol. The average Bonchev–Trinajstić information content (AvgIpc) is 2.32. The van der Waals surface area contributed by atoms with Gasteiger partial charge < -0.3 is 15.2 Å². The molecule has 3 nitrogen and oxygen atoms in total. The molecule has 4 heteroatoms. The molecule has 2 N–H and O–H groups in total. The van der Waals surface area contributed by atoms with Gasteiger partial charge in [0.2, 0.25) is 0 Å². The number of ether oxygens (including phenoxy) is 1. The third-order valence-corrected chi connectivity index (χ3v) is 3.07. The van der Waals surface area contributed by atoms with Gasteiger partial charge in [0.15, 0.2) is 0 Å². The van der Waals surface area contributed by atoms with Crippen LogP contribution in [0.3, 0.4) is 0 Å². The van der Waals surface area contributed by atoms with E-state index in [1.54, 1.807) is 33.1 Å². The van der Waals surface area contributed by atoms with Gasteiger partial charge in [-0.05, 0) is 44.0 Å². The predicted octanol–water partition coefficient (Wildman–Crippen LogP) is 1.97. The summed E-state index contributed by atoms with van der Waals surface area (Å²) in [6.45, 7) is 5.46. The second-order valence-electron chi connectivity index (χ2n) is 4.73. The van der Waals surface area contributed by atoms with E-state index in [1.807, 2.05) is 0 Å². The van der Waals surface area contributed by atoms with Crippen LogP contribution in [0.5, 0.6) is 0 Å². The first-order chi connectivity index (χ1) is 8.47. The van der Waals surface area contributed by atoms with Crippen LogP contribution in [0.25, 0.3) is 0 Å². The van der Waals surface area contributed by atoms with Crippen LogP contribution >= 0.6 is 0 Å². The second-order valence-corrected chi connectivity index (χ2v) is 4.73. The van der Waals surface area contributed by atoms with Crippen molar-refractivity contribution >= 4 is 0 Å². The SMILES string of the molecule is COCCNCCC(C)(O)c1ccc(C)c(F)c1. The number of aryl methyl sites for hydroxylation is 1. The third kappa shape index (κ3) is 4.37. The summed E-state index contributed by atoms with van der Waals surface area (Å²) < 4.78 is 18.4. The monoisotopic (exact) mass is 255 g/mol. The molecule has 0 aliphatic heterocycles. The molecule has 0 fully saturated rings. The van der Waals surface area contributed by atoms with Gasteiger partial charge in [-0.15, -0.1) is 0 Å². The van der Waals surface area contributed by atoms with E-state index in [-0.39, 0.29) is 5.82 Å². The summed E-state index contributed by atoms with van der Waals surface area (Å²) in [5.41, 5.74) is 0.182. The molecule has 0 heterocycles. The van der Waals surface area contributed by atoms with Gasteiger partial charge in [0.25, 0.3) is 0 Å². The van der Waals surface area contributed by atoms with Crippen LogP contribution in [0, 0.1) is 12.7 Å². The van der Waals surface area contributed by atoms with Gasteiger partial charge in [0.05, 0.1) is 12.2 Å². The summed E-state index contributed by atoms with van der Waals surface area (Å²) in [5.74, 6) is -0.278. The number of halogens is 1. The van der Waals surface area contributed by atoms with Gasteiger partial charge >= 0.3 is 0 Å². The number of nitrogens with one attached hydrogen (secondary N) is 1. The Balaban J connectivity index is 2.54. The van der Waals surface area contributed by atoms with Gasteiger partial charge in [0.1, 0.15) is 5.82 Å². The first-order valence-electron chi connectivity index (χ1n) is 6.16. The van der Waals surface area contributed by atoms with Crippen LogP contribution in [0.1, 0.15) is 24.5 Å². The molecule has 0 bridgehead atoms. The third-order valence-electron chi connectivity index (χ3n) is 3.07.